The molecule has 12 heteroatoms. The van der Waals surface area contributed by atoms with Crippen LogP contribution in [0.3, 0.4) is 0 Å². The standard InChI is InChI=1S/C33H48FN7O4/c1-6-28(42)37-29(33(45)40-18-16-39(5)17-19-40)22(4)24-12-13-26(25(34)20-24)36-32(44)30(23-10-8-21(3)9-11-23)38-31(43)27-14-15-35-41(27)7-2/h12-15,20-23,29-30H,6-11,16-19H2,1-5H3,(H,36,44)(H,37,42)(H,38,43)/t21?,22-,23?,29+,30-/m0/s1/i5D3. The SMILES string of the molecule is [2H]C([2H])([2H])N1CCN(C(=O)[C@H](NC(=O)CC)[C@@H](C)c2ccc(NC(=O)[C@@H](NC(=O)c3ccnn3CC)C3CCC(C)CC3)c(F)c2)CC1. The highest BCUT2D eigenvalue weighted by molar-refractivity contribution is 6.00. The maximum absolute atomic E-state index is 15.7. The van der Waals surface area contributed by atoms with Crippen molar-refractivity contribution in [2.24, 2.45) is 11.8 Å². The summed E-state index contributed by atoms with van der Waals surface area (Å²) in [7, 11) is 0. The fraction of sp³-hybridized carbons (Fsp3) is 0.606. The molecule has 1 aliphatic carbocycles. The number of piperazine rings is 1. The summed E-state index contributed by atoms with van der Waals surface area (Å²) < 4.78 is 40.1. The molecule has 1 aromatic heterocycles. The molecule has 45 heavy (non-hydrogen) atoms. The fourth-order valence-electron chi connectivity index (χ4n) is 6.13. The van der Waals surface area contributed by atoms with Crippen molar-refractivity contribution < 1.29 is 27.7 Å². The van der Waals surface area contributed by atoms with Gasteiger partial charge in [-0.1, -0.05) is 39.7 Å². The summed E-state index contributed by atoms with van der Waals surface area (Å²) in [4.78, 5) is 55.8. The normalized spacial score (nSPS) is 22.2. The molecule has 0 unspecified atom stereocenters. The number of likely N-dealkylation sites (N-methyl/N-ethyl adjacent to an activating group) is 1. The van der Waals surface area contributed by atoms with E-state index in [2.05, 4.69) is 28.0 Å². The molecule has 1 aliphatic heterocycles. The molecule has 1 saturated carbocycles. The average Bonchev–Trinajstić information content (AvgIpc) is 3.55. The van der Waals surface area contributed by atoms with Gasteiger partial charge in [0.15, 0.2) is 0 Å². The smallest absolute Gasteiger partial charge is 0.270 e. The topological polar surface area (TPSA) is 129 Å². The molecule has 0 radical (unpaired) electrons. The molecule has 2 fully saturated rings. The number of nitrogens with one attached hydrogen (secondary N) is 3. The first-order chi connectivity index (χ1) is 22.7. The van der Waals surface area contributed by atoms with Crippen LogP contribution in [0, 0.1) is 17.7 Å². The molecule has 11 nitrogen and oxygen atoms in total. The van der Waals surface area contributed by atoms with Crippen molar-refractivity contribution in [1.29, 1.82) is 0 Å². The van der Waals surface area contributed by atoms with Crippen LogP contribution in [0.2, 0.25) is 0 Å². The minimum Gasteiger partial charge on any atom is -0.344 e. The van der Waals surface area contributed by atoms with Crippen molar-refractivity contribution in [3.63, 3.8) is 0 Å². The molecule has 4 rings (SSSR count). The summed E-state index contributed by atoms with van der Waals surface area (Å²) in [6.45, 7) is 6.31. The highest BCUT2D eigenvalue weighted by Crippen LogP contribution is 2.32. The fourth-order valence-corrected chi connectivity index (χ4v) is 6.13. The number of benzene rings is 1. The van der Waals surface area contributed by atoms with Gasteiger partial charge in [-0.3, -0.25) is 23.9 Å². The minimum atomic E-state index is -2.26. The van der Waals surface area contributed by atoms with E-state index in [1.807, 2.05) is 6.92 Å². The van der Waals surface area contributed by atoms with E-state index in [1.165, 1.54) is 28.1 Å². The molecular weight excluding hydrogens is 577 g/mol. The van der Waals surface area contributed by atoms with E-state index in [0.717, 1.165) is 25.7 Å². The third-order valence-corrected chi connectivity index (χ3v) is 9.12. The van der Waals surface area contributed by atoms with Gasteiger partial charge in [-0.05, 0) is 62.3 Å². The number of hydrogen-bond acceptors (Lipinski definition) is 6. The second kappa shape index (κ2) is 15.5. The monoisotopic (exact) mass is 628 g/mol. The zero-order valence-corrected chi connectivity index (χ0v) is 26.6. The molecule has 4 amide bonds. The Morgan fingerprint density at radius 1 is 1.04 bits per heavy atom. The number of carbonyl (C=O) groups excluding carboxylic acids is 4. The largest absolute Gasteiger partial charge is 0.344 e. The third kappa shape index (κ3) is 8.47. The van der Waals surface area contributed by atoms with Crippen molar-refractivity contribution >= 4 is 29.3 Å². The molecule has 0 bridgehead atoms. The first-order valence-corrected chi connectivity index (χ1v) is 16.0. The van der Waals surface area contributed by atoms with Crippen LogP contribution in [0.4, 0.5) is 10.1 Å². The van der Waals surface area contributed by atoms with Gasteiger partial charge < -0.3 is 25.8 Å². The zero-order valence-electron chi connectivity index (χ0n) is 29.6. The Bertz CT molecular complexity index is 1450. The van der Waals surface area contributed by atoms with E-state index in [4.69, 9.17) is 4.11 Å². The number of anilines is 1. The molecule has 2 aliphatic rings. The predicted octanol–water partition coefficient (Wildman–Crippen LogP) is 3.38. The van der Waals surface area contributed by atoms with E-state index in [9.17, 15) is 19.2 Å². The third-order valence-electron chi connectivity index (χ3n) is 9.12. The number of halogens is 1. The number of amides is 4. The lowest BCUT2D eigenvalue weighted by Crippen LogP contribution is -2.55. The van der Waals surface area contributed by atoms with Crippen LogP contribution in [0.25, 0.3) is 0 Å². The first kappa shape index (κ1) is 29.9. The Labute approximate surface area is 269 Å². The van der Waals surface area contributed by atoms with Crippen LogP contribution in [-0.2, 0) is 20.9 Å². The molecule has 2 aromatic rings. The second-order valence-corrected chi connectivity index (χ2v) is 12.2. The van der Waals surface area contributed by atoms with Crippen LogP contribution >= 0.6 is 0 Å². The second-order valence-electron chi connectivity index (χ2n) is 12.2. The van der Waals surface area contributed by atoms with E-state index in [0.29, 0.717) is 23.7 Å². The lowest BCUT2D eigenvalue weighted by molar-refractivity contribution is -0.138. The number of carbonyl (C=O) groups is 4. The first-order valence-electron chi connectivity index (χ1n) is 17.5. The van der Waals surface area contributed by atoms with Gasteiger partial charge in [-0.25, -0.2) is 4.39 Å². The van der Waals surface area contributed by atoms with Crippen LogP contribution in [-0.4, -0.2) is 88.4 Å². The van der Waals surface area contributed by atoms with E-state index in [1.54, 1.807) is 30.7 Å². The van der Waals surface area contributed by atoms with Gasteiger partial charge >= 0.3 is 0 Å². The summed E-state index contributed by atoms with van der Waals surface area (Å²) in [5, 5.41) is 12.5. The molecule has 3 atom stereocenters. The van der Waals surface area contributed by atoms with Crippen molar-refractivity contribution in [1.82, 2.24) is 30.2 Å². The van der Waals surface area contributed by atoms with E-state index < -0.39 is 42.6 Å². The van der Waals surface area contributed by atoms with Crippen LogP contribution in [0.15, 0.2) is 30.5 Å². The highest BCUT2D eigenvalue weighted by atomic mass is 19.1. The van der Waals surface area contributed by atoms with Gasteiger partial charge in [0, 0.05) is 55.4 Å². The molecular formula is C33H48FN7O4. The lowest BCUT2D eigenvalue weighted by Gasteiger charge is -2.36. The van der Waals surface area contributed by atoms with E-state index in [-0.39, 0.29) is 56.0 Å². The minimum absolute atomic E-state index is 0.0702. The molecule has 1 saturated heterocycles. The summed E-state index contributed by atoms with van der Waals surface area (Å²) in [6.07, 6.45) is 5.00. The van der Waals surface area contributed by atoms with E-state index >= 15 is 4.39 Å². The Balaban J connectivity index is 1.50. The van der Waals surface area contributed by atoms with Crippen LogP contribution in [0.1, 0.15) is 85.9 Å². The number of aromatic nitrogens is 2. The Kier molecular flexibility index (Phi) is 10.3. The summed E-state index contributed by atoms with van der Waals surface area (Å²) in [6, 6.07) is 3.95. The maximum atomic E-state index is 15.7. The van der Waals surface area contributed by atoms with Gasteiger partial charge in [0.25, 0.3) is 5.91 Å². The highest BCUT2D eigenvalue weighted by Gasteiger charge is 2.35. The summed E-state index contributed by atoms with van der Waals surface area (Å²) >= 11 is 0. The van der Waals surface area contributed by atoms with Gasteiger partial charge in [0.05, 0.1) is 5.69 Å². The predicted molar refractivity (Wildman–Crippen MR) is 170 cm³/mol. The van der Waals surface area contributed by atoms with Gasteiger partial charge in [-0.2, -0.15) is 5.10 Å². The Morgan fingerprint density at radius 3 is 2.38 bits per heavy atom. The Hall–Kier alpha value is -3.80. The van der Waals surface area contributed by atoms with Crippen LogP contribution in [0.5, 0.6) is 0 Å². The lowest BCUT2D eigenvalue weighted by atomic mass is 9.79. The van der Waals surface area contributed by atoms with Crippen molar-refractivity contribution in [3.8, 4) is 0 Å². The number of rotatable bonds is 11. The molecule has 0 spiro atoms. The van der Waals surface area contributed by atoms with Crippen molar-refractivity contribution in [2.75, 3.05) is 38.5 Å². The molecule has 3 N–H and O–H groups in total. The number of hydrogen-bond donors (Lipinski definition) is 3. The Morgan fingerprint density at radius 2 is 1.76 bits per heavy atom. The molecule has 2 heterocycles. The zero-order chi connectivity index (χ0) is 35.2. The molecule has 246 valence electrons. The van der Waals surface area contributed by atoms with Crippen LogP contribution < -0.4 is 16.0 Å². The number of nitrogens with zero attached hydrogens (tertiary/aromatic N) is 4. The number of aryl methyl sites for hydroxylation is 1. The van der Waals surface area contributed by atoms with Gasteiger partial charge in [-0.15, -0.1) is 0 Å². The quantitative estimate of drug-likeness (QED) is 0.350. The van der Waals surface area contributed by atoms with Gasteiger partial charge in [0.2, 0.25) is 17.7 Å². The summed E-state index contributed by atoms with van der Waals surface area (Å²) in [5.41, 5.74) is 0.696. The molecule has 1 aromatic carbocycles. The summed E-state index contributed by atoms with van der Waals surface area (Å²) in [5.74, 6) is -2.65. The van der Waals surface area contributed by atoms with Crippen molar-refractivity contribution in [2.45, 2.75) is 84.3 Å². The maximum Gasteiger partial charge on any atom is 0.270 e. The van der Waals surface area contributed by atoms with Gasteiger partial charge in [0.1, 0.15) is 23.6 Å². The van der Waals surface area contributed by atoms with Crippen molar-refractivity contribution in [3.05, 3.63) is 47.5 Å². The average molecular weight is 629 g/mol.